The minimum atomic E-state index is -0.388. The van der Waals surface area contributed by atoms with Crippen LogP contribution in [0, 0.1) is 5.92 Å². The summed E-state index contributed by atoms with van der Waals surface area (Å²) in [5, 5.41) is 9.78. The number of aliphatic hydroxyl groups excluding tert-OH is 1. The maximum atomic E-state index is 12.8. The highest BCUT2D eigenvalue weighted by Gasteiger charge is 2.29. The molecule has 1 aromatic heterocycles. The molecule has 1 saturated heterocycles. The first-order valence-corrected chi connectivity index (χ1v) is 7.77. The number of hydrogen-bond donors (Lipinski definition) is 1. The highest BCUT2D eigenvalue weighted by molar-refractivity contribution is 5.98. The van der Waals surface area contributed by atoms with Crippen molar-refractivity contribution < 1.29 is 14.3 Å². The highest BCUT2D eigenvalue weighted by Crippen LogP contribution is 2.28. The molecule has 0 aliphatic carbocycles. The van der Waals surface area contributed by atoms with Gasteiger partial charge in [0.05, 0.1) is 12.4 Å². The molecule has 1 fully saturated rings. The summed E-state index contributed by atoms with van der Waals surface area (Å²) in [6, 6.07) is 11.6. The van der Waals surface area contributed by atoms with Crippen LogP contribution in [0.15, 0.2) is 47.1 Å². The van der Waals surface area contributed by atoms with Crippen molar-refractivity contribution >= 4 is 5.91 Å². The molecular weight excluding hydrogens is 278 g/mol. The molecular formula is C18H21NO3. The van der Waals surface area contributed by atoms with Crippen molar-refractivity contribution in [2.24, 2.45) is 5.92 Å². The maximum Gasteiger partial charge on any atom is 0.290 e. The fraction of sp³-hybridized carbons (Fsp3) is 0.389. The van der Waals surface area contributed by atoms with Crippen molar-refractivity contribution in [3.63, 3.8) is 0 Å². The fourth-order valence-electron chi connectivity index (χ4n) is 3.05. The van der Waals surface area contributed by atoms with E-state index in [0.29, 0.717) is 12.3 Å². The summed E-state index contributed by atoms with van der Waals surface area (Å²) in [6.45, 7) is 3.10. The second-order valence-corrected chi connectivity index (χ2v) is 5.92. The average Bonchev–Trinajstić information content (AvgIpc) is 3.04. The molecule has 22 heavy (non-hydrogen) atoms. The minimum absolute atomic E-state index is 0.0887. The molecule has 0 saturated carbocycles. The van der Waals surface area contributed by atoms with Crippen molar-refractivity contribution in [2.45, 2.75) is 25.9 Å². The zero-order valence-electron chi connectivity index (χ0n) is 12.7. The Balaban J connectivity index is 1.83. The summed E-state index contributed by atoms with van der Waals surface area (Å²) in [7, 11) is 0. The van der Waals surface area contributed by atoms with E-state index in [1.54, 1.807) is 18.1 Å². The van der Waals surface area contributed by atoms with E-state index in [1.807, 2.05) is 36.4 Å². The smallest absolute Gasteiger partial charge is 0.290 e. The van der Waals surface area contributed by atoms with Gasteiger partial charge in [-0.05, 0) is 31.4 Å². The zero-order chi connectivity index (χ0) is 15.5. The second kappa shape index (κ2) is 6.36. The van der Waals surface area contributed by atoms with Gasteiger partial charge in [0.2, 0.25) is 0 Å². The molecule has 1 aliphatic heterocycles. The van der Waals surface area contributed by atoms with Crippen molar-refractivity contribution in [1.82, 2.24) is 4.90 Å². The van der Waals surface area contributed by atoms with Crippen LogP contribution in [0.3, 0.4) is 0 Å². The van der Waals surface area contributed by atoms with E-state index < -0.39 is 0 Å². The Morgan fingerprint density at radius 1 is 1.32 bits per heavy atom. The third-order valence-corrected chi connectivity index (χ3v) is 4.37. The lowest BCUT2D eigenvalue weighted by Crippen LogP contribution is -2.42. The summed E-state index contributed by atoms with van der Waals surface area (Å²) >= 11 is 0. The van der Waals surface area contributed by atoms with E-state index in [2.05, 4.69) is 0 Å². The summed E-state index contributed by atoms with van der Waals surface area (Å²) in [5.41, 5.74) is 1.80. The summed E-state index contributed by atoms with van der Waals surface area (Å²) in [5.74, 6) is 0.444. The standard InChI is InChI=1S/C18H21NO3/c1-13(20)15-8-5-10-19(12-15)18(21)17-16(9-11-22-17)14-6-3-2-4-7-14/h2-4,6-7,9,11,13,15,20H,5,8,10,12H2,1H3. The first-order chi connectivity index (χ1) is 10.7. The van der Waals surface area contributed by atoms with E-state index in [4.69, 9.17) is 4.42 Å². The molecule has 0 bridgehead atoms. The number of furan rings is 1. The molecule has 1 aromatic carbocycles. The molecule has 1 aliphatic rings. The van der Waals surface area contributed by atoms with Crippen LogP contribution in [-0.4, -0.2) is 35.1 Å². The highest BCUT2D eigenvalue weighted by atomic mass is 16.3. The Hall–Kier alpha value is -2.07. The largest absolute Gasteiger partial charge is 0.459 e. The van der Waals surface area contributed by atoms with Gasteiger partial charge in [-0.3, -0.25) is 4.79 Å². The van der Waals surface area contributed by atoms with Crippen molar-refractivity contribution in [1.29, 1.82) is 0 Å². The molecule has 1 N–H and O–H groups in total. The third kappa shape index (κ3) is 2.92. The van der Waals surface area contributed by atoms with Crippen LogP contribution in [0.25, 0.3) is 11.1 Å². The summed E-state index contributed by atoms with van der Waals surface area (Å²) in [4.78, 5) is 14.6. The molecule has 0 radical (unpaired) electrons. The van der Waals surface area contributed by atoms with Crippen molar-refractivity contribution in [3.8, 4) is 11.1 Å². The number of rotatable bonds is 3. The van der Waals surface area contributed by atoms with Gasteiger partial charge in [-0.1, -0.05) is 30.3 Å². The number of amides is 1. The van der Waals surface area contributed by atoms with Gasteiger partial charge in [0.1, 0.15) is 0 Å². The summed E-state index contributed by atoms with van der Waals surface area (Å²) < 4.78 is 5.48. The lowest BCUT2D eigenvalue weighted by molar-refractivity contribution is 0.0444. The molecule has 1 amide bonds. The van der Waals surface area contributed by atoms with Crippen LogP contribution in [0.1, 0.15) is 30.3 Å². The lowest BCUT2D eigenvalue weighted by atomic mass is 9.93. The number of piperidine rings is 1. The molecule has 2 atom stereocenters. The quantitative estimate of drug-likeness (QED) is 0.947. The Bertz CT molecular complexity index is 633. The number of carbonyl (C=O) groups is 1. The number of hydrogen-bond acceptors (Lipinski definition) is 3. The van der Waals surface area contributed by atoms with Gasteiger partial charge >= 0.3 is 0 Å². The minimum Gasteiger partial charge on any atom is -0.459 e. The van der Waals surface area contributed by atoms with Crippen LogP contribution in [0.2, 0.25) is 0 Å². The Labute approximate surface area is 130 Å². The summed E-state index contributed by atoms with van der Waals surface area (Å²) in [6.07, 6.45) is 3.06. The molecule has 2 heterocycles. The van der Waals surface area contributed by atoms with Gasteiger partial charge in [0, 0.05) is 24.6 Å². The molecule has 4 nitrogen and oxygen atoms in total. The molecule has 3 rings (SSSR count). The van der Waals surface area contributed by atoms with E-state index >= 15 is 0 Å². The van der Waals surface area contributed by atoms with E-state index in [0.717, 1.165) is 30.5 Å². The van der Waals surface area contributed by atoms with E-state index in [-0.39, 0.29) is 17.9 Å². The molecule has 2 unspecified atom stereocenters. The molecule has 2 aromatic rings. The topological polar surface area (TPSA) is 53.7 Å². The van der Waals surface area contributed by atoms with Gasteiger partial charge in [-0.25, -0.2) is 0 Å². The third-order valence-electron chi connectivity index (χ3n) is 4.37. The predicted molar refractivity (Wildman–Crippen MR) is 84.5 cm³/mol. The lowest BCUT2D eigenvalue weighted by Gasteiger charge is -2.33. The van der Waals surface area contributed by atoms with Gasteiger partial charge in [-0.15, -0.1) is 0 Å². The zero-order valence-corrected chi connectivity index (χ0v) is 12.7. The fourth-order valence-corrected chi connectivity index (χ4v) is 3.05. The number of benzene rings is 1. The number of likely N-dealkylation sites (tertiary alicyclic amines) is 1. The van der Waals surface area contributed by atoms with E-state index in [1.165, 1.54) is 0 Å². The SMILES string of the molecule is CC(O)C1CCCN(C(=O)c2occc2-c2ccccc2)C1. The van der Waals surface area contributed by atoms with Gasteiger partial charge in [0.25, 0.3) is 5.91 Å². The Morgan fingerprint density at radius 2 is 2.09 bits per heavy atom. The predicted octanol–water partition coefficient (Wildman–Crippen LogP) is 3.18. The maximum absolute atomic E-state index is 12.8. The van der Waals surface area contributed by atoms with Crippen LogP contribution in [0.5, 0.6) is 0 Å². The molecule has 116 valence electrons. The van der Waals surface area contributed by atoms with Gasteiger partial charge in [-0.2, -0.15) is 0 Å². The average molecular weight is 299 g/mol. The van der Waals surface area contributed by atoms with Crippen molar-refractivity contribution in [3.05, 3.63) is 48.4 Å². The van der Waals surface area contributed by atoms with Crippen LogP contribution in [0.4, 0.5) is 0 Å². The van der Waals surface area contributed by atoms with Gasteiger partial charge in [0.15, 0.2) is 5.76 Å². The number of carbonyl (C=O) groups excluding carboxylic acids is 1. The Kier molecular flexibility index (Phi) is 4.29. The Morgan fingerprint density at radius 3 is 2.82 bits per heavy atom. The number of nitrogens with zero attached hydrogens (tertiary/aromatic N) is 1. The second-order valence-electron chi connectivity index (χ2n) is 5.92. The van der Waals surface area contributed by atoms with Crippen LogP contribution >= 0.6 is 0 Å². The first kappa shape index (κ1) is 14.9. The van der Waals surface area contributed by atoms with Crippen LogP contribution < -0.4 is 0 Å². The molecule has 4 heteroatoms. The molecule has 0 spiro atoms. The number of aliphatic hydroxyl groups is 1. The van der Waals surface area contributed by atoms with E-state index in [9.17, 15) is 9.90 Å². The van der Waals surface area contributed by atoms with Crippen molar-refractivity contribution in [2.75, 3.05) is 13.1 Å². The monoisotopic (exact) mass is 299 g/mol. The normalized spacial score (nSPS) is 19.9. The first-order valence-electron chi connectivity index (χ1n) is 7.77. The van der Waals surface area contributed by atoms with Crippen LogP contribution in [-0.2, 0) is 0 Å². The van der Waals surface area contributed by atoms with Gasteiger partial charge < -0.3 is 14.4 Å².